The zero-order valence-corrected chi connectivity index (χ0v) is 12.0. The predicted molar refractivity (Wildman–Crippen MR) is 74.5 cm³/mol. The van der Waals surface area contributed by atoms with Crippen molar-refractivity contribution in [3.63, 3.8) is 0 Å². The first-order valence-corrected chi connectivity index (χ1v) is 7.59. The smallest absolute Gasteiger partial charge is 0.227 e. The van der Waals surface area contributed by atoms with E-state index in [-0.39, 0.29) is 6.10 Å². The Kier molecular flexibility index (Phi) is 3.73. The van der Waals surface area contributed by atoms with Gasteiger partial charge in [-0.1, -0.05) is 6.42 Å². The summed E-state index contributed by atoms with van der Waals surface area (Å²) in [6.07, 6.45) is 5.23. The van der Waals surface area contributed by atoms with E-state index >= 15 is 0 Å². The number of anilines is 1. The molecule has 2 aliphatic rings. The van der Waals surface area contributed by atoms with E-state index in [2.05, 4.69) is 33.5 Å². The molecule has 1 saturated heterocycles. The van der Waals surface area contributed by atoms with E-state index < -0.39 is 0 Å². The molecule has 19 heavy (non-hydrogen) atoms. The van der Waals surface area contributed by atoms with Gasteiger partial charge in [-0.3, -0.25) is 4.57 Å². The zero-order chi connectivity index (χ0) is 13.2. The summed E-state index contributed by atoms with van der Waals surface area (Å²) >= 11 is 0. The van der Waals surface area contributed by atoms with E-state index in [0.29, 0.717) is 5.92 Å². The van der Waals surface area contributed by atoms with Crippen molar-refractivity contribution in [2.75, 3.05) is 24.6 Å². The van der Waals surface area contributed by atoms with Crippen molar-refractivity contribution in [1.82, 2.24) is 14.8 Å². The van der Waals surface area contributed by atoms with E-state index in [4.69, 9.17) is 4.74 Å². The normalized spacial score (nSPS) is 25.2. The Labute approximate surface area is 114 Å². The molecule has 3 rings (SSSR count). The molecule has 2 heterocycles. The molecule has 1 atom stereocenters. The molecule has 1 aromatic rings. The summed E-state index contributed by atoms with van der Waals surface area (Å²) in [5.74, 6) is 2.88. The fraction of sp³-hybridized carbons (Fsp3) is 0.857. The highest BCUT2D eigenvalue weighted by Crippen LogP contribution is 2.36. The highest BCUT2D eigenvalue weighted by atomic mass is 16.5. The van der Waals surface area contributed by atoms with Gasteiger partial charge in [-0.05, 0) is 33.1 Å². The molecular weight excluding hydrogens is 240 g/mol. The quantitative estimate of drug-likeness (QED) is 0.839. The molecule has 0 aromatic carbocycles. The number of aromatic nitrogens is 3. The molecule has 0 N–H and O–H groups in total. The second kappa shape index (κ2) is 5.49. The van der Waals surface area contributed by atoms with Gasteiger partial charge in [-0.15, -0.1) is 10.2 Å². The minimum Gasteiger partial charge on any atom is -0.377 e. The average molecular weight is 264 g/mol. The van der Waals surface area contributed by atoms with Crippen molar-refractivity contribution < 1.29 is 4.74 Å². The lowest BCUT2D eigenvalue weighted by Gasteiger charge is -2.27. The second-order valence-electron chi connectivity index (χ2n) is 5.71. The summed E-state index contributed by atoms with van der Waals surface area (Å²) in [7, 11) is 0. The lowest BCUT2D eigenvalue weighted by Crippen LogP contribution is -2.32. The minimum atomic E-state index is 0.275. The zero-order valence-electron chi connectivity index (χ0n) is 12.0. The van der Waals surface area contributed by atoms with Crippen LogP contribution in [0.2, 0.25) is 0 Å². The molecule has 0 amide bonds. The van der Waals surface area contributed by atoms with Crippen LogP contribution < -0.4 is 4.90 Å². The van der Waals surface area contributed by atoms with Crippen molar-refractivity contribution >= 4 is 5.95 Å². The van der Waals surface area contributed by atoms with Crippen molar-refractivity contribution in [2.45, 2.75) is 58.1 Å². The van der Waals surface area contributed by atoms with Gasteiger partial charge in [0.25, 0.3) is 0 Å². The fourth-order valence-corrected chi connectivity index (χ4v) is 2.99. The van der Waals surface area contributed by atoms with Crippen LogP contribution in [0.1, 0.15) is 51.3 Å². The third-order valence-corrected chi connectivity index (χ3v) is 4.28. The molecule has 0 bridgehead atoms. The first-order chi connectivity index (χ1) is 9.29. The van der Waals surface area contributed by atoms with Gasteiger partial charge >= 0.3 is 0 Å². The Bertz CT molecular complexity index is 427. The van der Waals surface area contributed by atoms with Crippen molar-refractivity contribution in [3.05, 3.63) is 5.82 Å². The van der Waals surface area contributed by atoms with Gasteiger partial charge in [0.15, 0.2) is 0 Å². The van der Waals surface area contributed by atoms with Gasteiger partial charge in [0.1, 0.15) is 5.82 Å². The van der Waals surface area contributed by atoms with Crippen LogP contribution in [0.3, 0.4) is 0 Å². The van der Waals surface area contributed by atoms with Gasteiger partial charge in [0.05, 0.1) is 6.10 Å². The van der Waals surface area contributed by atoms with Crippen LogP contribution in [-0.2, 0) is 11.3 Å². The predicted octanol–water partition coefficient (Wildman–Crippen LogP) is 2.18. The molecule has 2 fully saturated rings. The average Bonchev–Trinajstić information content (AvgIpc) is 2.62. The van der Waals surface area contributed by atoms with E-state index in [1.165, 1.54) is 25.1 Å². The van der Waals surface area contributed by atoms with Crippen molar-refractivity contribution in [1.29, 1.82) is 0 Å². The Hall–Kier alpha value is -1.10. The van der Waals surface area contributed by atoms with Crippen molar-refractivity contribution in [2.24, 2.45) is 0 Å². The maximum absolute atomic E-state index is 5.72. The van der Waals surface area contributed by atoms with Crippen molar-refractivity contribution in [3.8, 4) is 0 Å². The molecular formula is C14H24N4O. The van der Waals surface area contributed by atoms with Gasteiger partial charge in [0.2, 0.25) is 5.95 Å². The summed E-state index contributed by atoms with van der Waals surface area (Å²) in [4.78, 5) is 2.34. The maximum atomic E-state index is 5.72. The Morgan fingerprint density at radius 3 is 2.79 bits per heavy atom. The van der Waals surface area contributed by atoms with Crippen LogP contribution in [-0.4, -0.2) is 40.6 Å². The number of hydrogen-bond donors (Lipinski definition) is 0. The van der Waals surface area contributed by atoms with E-state index in [9.17, 15) is 0 Å². The first kappa shape index (κ1) is 12.9. The third-order valence-electron chi connectivity index (χ3n) is 4.28. The molecule has 0 unspecified atom stereocenters. The molecule has 1 aromatic heterocycles. The number of nitrogens with zero attached hydrogens (tertiary/aromatic N) is 4. The lowest BCUT2D eigenvalue weighted by atomic mass is 9.85. The monoisotopic (exact) mass is 264 g/mol. The van der Waals surface area contributed by atoms with Gasteiger partial charge in [0, 0.05) is 32.2 Å². The van der Waals surface area contributed by atoms with Gasteiger partial charge in [-0.25, -0.2) is 0 Å². The van der Waals surface area contributed by atoms with Gasteiger partial charge in [-0.2, -0.15) is 0 Å². The minimum absolute atomic E-state index is 0.275. The standard InChI is InChI=1S/C14H24N4O/c1-3-18-13(12-6-4-7-12)15-16-14(18)17-8-5-9-19-11(2)10-17/h11-12H,3-10H2,1-2H3/t11-/m1/s1. The molecule has 106 valence electrons. The Morgan fingerprint density at radius 1 is 1.26 bits per heavy atom. The number of rotatable bonds is 3. The van der Waals surface area contributed by atoms with Crippen LogP contribution in [0.25, 0.3) is 0 Å². The summed E-state index contributed by atoms with van der Waals surface area (Å²) in [5.41, 5.74) is 0. The molecule has 5 heteroatoms. The highest BCUT2D eigenvalue weighted by Gasteiger charge is 2.28. The first-order valence-electron chi connectivity index (χ1n) is 7.59. The molecule has 0 radical (unpaired) electrons. The molecule has 0 spiro atoms. The molecule has 1 aliphatic heterocycles. The molecule has 1 aliphatic carbocycles. The van der Waals surface area contributed by atoms with Crippen LogP contribution in [0.15, 0.2) is 0 Å². The second-order valence-corrected chi connectivity index (χ2v) is 5.71. The number of hydrogen-bond acceptors (Lipinski definition) is 4. The number of ether oxygens (including phenoxy) is 1. The molecule has 5 nitrogen and oxygen atoms in total. The topological polar surface area (TPSA) is 43.2 Å². The summed E-state index contributed by atoms with van der Waals surface area (Å²) in [5, 5.41) is 8.94. The lowest BCUT2D eigenvalue weighted by molar-refractivity contribution is 0.0819. The van der Waals surface area contributed by atoms with Gasteiger partial charge < -0.3 is 9.64 Å². The summed E-state index contributed by atoms with van der Waals surface area (Å²) in [6.45, 7) is 8.08. The maximum Gasteiger partial charge on any atom is 0.227 e. The Balaban J connectivity index is 1.84. The fourth-order valence-electron chi connectivity index (χ4n) is 2.99. The highest BCUT2D eigenvalue weighted by molar-refractivity contribution is 5.32. The van der Waals surface area contributed by atoms with E-state index in [0.717, 1.165) is 38.6 Å². The van der Waals surface area contributed by atoms with Crippen LogP contribution in [0.5, 0.6) is 0 Å². The van der Waals surface area contributed by atoms with E-state index in [1.54, 1.807) is 0 Å². The SMILES string of the molecule is CCn1c(C2CCC2)nnc1N1CCCO[C@H](C)C1. The molecule has 1 saturated carbocycles. The van der Waals surface area contributed by atoms with Crippen LogP contribution >= 0.6 is 0 Å². The summed E-state index contributed by atoms with van der Waals surface area (Å²) in [6, 6.07) is 0. The van der Waals surface area contributed by atoms with E-state index in [1.807, 2.05) is 0 Å². The van der Waals surface area contributed by atoms with Crippen LogP contribution in [0, 0.1) is 0 Å². The van der Waals surface area contributed by atoms with Crippen LogP contribution in [0.4, 0.5) is 5.95 Å². The Morgan fingerprint density at radius 2 is 2.11 bits per heavy atom. The summed E-state index contributed by atoms with van der Waals surface area (Å²) < 4.78 is 8.02. The third kappa shape index (κ3) is 2.48. The largest absolute Gasteiger partial charge is 0.377 e.